The Morgan fingerprint density at radius 2 is 2.00 bits per heavy atom. The summed E-state index contributed by atoms with van der Waals surface area (Å²) in [6.45, 7) is 3.44. The maximum atomic E-state index is 13.0. The molecular formula is C16H23FN2O. The van der Waals surface area contributed by atoms with Crippen molar-refractivity contribution in [3.05, 3.63) is 35.6 Å². The summed E-state index contributed by atoms with van der Waals surface area (Å²) in [6, 6.07) is 6.92. The topological polar surface area (TPSA) is 41.1 Å². The number of halogens is 1. The zero-order chi connectivity index (χ0) is 14.4. The van der Waals surface area contributed by atoms with Crippen LogP contribution in [-0.2, 0) is 4.79 Å². The number of hydrogen-bond donors (Lipinski definition) is 2. The maximum Gasteiger partial charge on any atom is 0.221 e. The lowest BCUT2D eigenvalue weighted by atomic mass is 10.0. The first-order chi connectivity index (χ1) is 9.70. The van der Waals surface area contributed by atoms with Crippen LogP contribution in [0.15, 0.2) is 24.3 Å². The van der Waals surface area contributed by atoms with E-state index in [1.54, 1.807) is 0 Å². The van der Waals surface area contributed by atoms with E-state index in [-0.39, 0.29) is 17.8 Å². The molecule has 1 saturated carbocycles. The fourth-order valence-electron chi connectivity index (χ4n) is 2.35. The molecule has 1 aliphatic rings. The first-order valence-electron chi connectivity index (χ1n) is 7.46. The molecule has 0 radical (unpaired) electrons. The quantitative estimate of drug-likeness (QED) is 0.767. The molecule has 1 amide bonds. The zero-order valence-corrected chi connectivity index (χ0v) is 12.0. The Kier molecular flexibility index (Phi) is 5.53. The van der Waals surface area contributed by atoms with Gasteiger partial charge in [-0.15, -0.1) is 0 Å². The third kappa shape index (κ3) is 4.60. The molecule has 20 heavy (non-hydrogen) atoms. The van der Waals surface area contributed by atoms with Gasteiger partial charge in [-0.3, -0.25) is 4.79 Å². The highest BCUT2D eigenvalue weighted by Crippen LogP contribution is 2.40. The van der Waals surface area contributed by atoms with E-state index in [9.17, 15) is 9.18 Å². The molecular weight excluding hydrogens is 255 g/mol. The van der Waals surface area contributed by atoms with E-state index in [4.69, 9.17) is 0 Å². The first-order valence-corrected chi connectivity index (χ1v) is 7.46. The lowest BCUT2D eigenvalue weighted by molar-refractivity contribution is -0.121. The average Bonchev–Trinajstić information content (AvgIpc) is 3.27. The van der Waals surface area contributed by atoms with E-state index in [0.717, 1.165) is 18.5 Å². The van der Waals surface area contributed by atoms with Gasteiger partial charge in [0.2, 0.25) is 5.91 Å². The molecule has 0 heterocycles. The van der Waals surface area contributed by atoms with E-state index >= 15 is 0 Å². The molecule has 1 aromatic carbocycles. The molecule has 1 aliphatic carbocycles. The van der Waals surface area contributed by atoms with Crippen molar-refractivity contribution in [3.8, 4) is 0 Å². The highest BCUT2D eigenvalue weighted by atomic mass is 19.1. The summed E-state index contributed by atoms with van der Waals surface area (Å²) in [5.41, 5.74) is 1.11. The van der Waals surface area contributed by atoms with Crippen LogP contribution >= 0.6 is 0 Å². The second kappa shape index (κ2) is 7.39. The van der Waals surface area contributed by atoms with Crippen LogP contribution in [-0.4, -0.2) is 19.0 Å². The summed E-state index contributed by atoms with van der Waals surface area (Å²) in [5, 5.41) is 6.31. The second-order valence-electron chi connectivity index (χ2n) is 5.42. The molecule has 2 rings (SSSR count). The molecule has 110 valence electrons. The molecule has 3 nitrogen and oxygen atoms in total. The third-order valence-corrected chi connectivity index (χ3v) is 3.61. The van der Waals surface area contributed by atoms with Crippen LogP contribution in [0.4, 0.5) is 4.39 Å². The average molecular weight is 278 g/mol. The Labute approximate surface area is 120 Å². The Hall–Kier alpha value is -1.42. The number of carbonyl (C=O) groups excluding carboxylic acids is 1. The SMILES string of the molecule is CCCNC(=O)CCNC(c1ccc(F)cc1)C1CC1. The molecule has 0 spiro atoms. The maximum absolute atomic E-state index is 13.0. The number of nitrogens with one attached hydrogen (secondary N) is 2. The zero-order valence-electron chi connectivity index (χ0n) is 12.0. The molecule has 0 saturated heterocycles. The van der Waals surface area contributed by atoms with Gasteiger partial charge in [-0.05, 0) is 42.9 Å². The molecule has 4 heteroatoms. The molecule has 1 atom stereocenters. The van der Waals surface area contributed by atoms with Crippen LogP contribution in [0.2, 0.25) is 0 Å². The molecule has 1 fully saturated rings. The summed E-state index contributed by atoms with van der Waals surface area (Å²) < 4.78 is 13.0. The van der Waals surface area contributed by atoms with Gasteiger partial charge in [0.05, 0.1) is 0 Å². The van der Waals surface area contributed by atoms with Crippen LogP contribution in [0.25, 0.3) is 0 Å². The van der Waals surface area contributed by atoms with Crippen molar-refractivity contribution < 1.29 is 9.18 Å². The Morgan fingerprint density at radius 3 is 2.60 bits per heavy atom. The molecule has 0 bridgehead atoms. The van der Waals surface area contributed by atoms with Gasteiger partial charge in [0, 0.05) is 25.6 Å². The Bertz CT molecular complexity index is 429. The van der Waals surface area contributed by atoms with E-state index < -0.39 is 0 Å². The standard InChI is InChI=1S/C16H23FN2O/c1-2-10-18-15(20)9-11-19-16(12-3-4-12)13-5-7-14(17)8-6-13/h5-8,12,16,19H,2-4,9-11H2,1H3,(H,18,20). The van der Waals surface area contributed by atoms with Gasteiger partial charge in [-0.25, -0.2) is 4.39 Å². The monoisotopic (exact) mass is 278 g/mol. The van der Waals surface area contributed by atoms with Crippen LogP contribution in [0.1, 0.15) is 44.2 Å². The molecule has 1 aromatic rings. The normalized spacial score (nSPS) is 15.9. The van der Waals surface area contributed by atoms with Crippen molar-refractivity contribution in [3.63, 3.8) is 0 Å². The van der Waals surface area contributed by atoms with Crippen LogP contribution < -0.4 is 10.6 Å². The predicted octanol–water partition coefficient (Wildman–Crippen LogP) is 2.78. The number of hydrogen-bond acceptors (Lipinski definition) is 2. The van der Waals surface area contributed by atoms with Crippen LogP contribution in [0, 0.1) is 11.7 Å². The summed E-state index contributed by atoms with van der Waals surface area (Å²) in [4.78, 5) is 11.5. The smallest absolute Gasteiger partial charge is 0.221 e. The number of carbonyl (C=O) groups is 1. The van der Waals surface area contributed by atoms with Crippen molar-refractivity contribution in [1.82, 2.24) is 10.6 Å². The summed E-state index contributed by atoms with van der Waals surface area (Å²) in [5.74, 6) is 0.509. The fourth-order valence-corrected chi connectivity index (χ4v) is 2.35. The van der Waals surface area contributed by atoms with Crippen LogP contribution in [0.5, 0.6) is 0 Å². The molecule has 0 aromatic heterocycles. The van der Waals surface area contributed by atoms with Crippen LogP contribution in [0.3, 0.4) is 0 Å². The van der Waals surface area contributed by atoms with Crippen molar-refractivity contribution in [2.45, 2.75) is 38.6 Å². The van der Waals surface area contributed by atoms with E-state index in [1.165, 1.54) is 25.0 Å². The van der Waals surface area contributed by atoms with E-state index in [1.807, 2.05) is 19.1 Å². The van der Waals surface area contributed by atoms with Gasteiger partial charge in [0.25, 0.3) is 0 Å². The van der Waals surface area contributed by atoms with Gasteiger partial charge in [-0.1, -0.05) is 19.1 Å². The summed E-state index contributed by atoms with van der Waals surface area (Å²) >= 11 is 0. The molecule has 1 unspecified atom stereocenters. The summed E-state index contributed by atoms with van der Waals surface area (Å²) in [7, 11) is 0. The predicted molar refractivity (Wildman–Crippen MR) is 77.8 cm³/mol. The number of amides is 1. The largest absolute Gasteiger partial charge is 0.356 e. The lowest BCUT2D eigenvalue weighted by Crippen LogP contribution is -2.30. The lowest BCUT2D eigenvalue weighted by Gasteiger charge is -2.18. The van der Waals surface area contributed by atoms with Gasteiger partial charge < -0.3 is 10.6 Å². The van der Waals surface area contributed by atoms with Crippen molar-refractivity contribution >= 4 is 5.91 Å². The first kappa shape index (κ1) is 15.0. The summed E-state index contributed by atoms with van der Waals surface area (Å²) in [6.07, 6.45) is 3.86. The number of rotatable bonds is 8. The van der Waals surface area contributed by atoms with Gasteiger partial charge in [0.1, 0.15) is 5.82 Å². The van der Waals surface area contributed by atoms with E-state index in [2.05, 4.69) is 10.6 Å². The fraction of sp³-hybridized carbons (Fsp3) is 0.562. The van der Waals surface area contributed by atoms with Gasteiger partial charge in [0.15, 0.2) is 0 Å². The van der Waals surface area contributed by atoms with Gasteiger partial charge >= 0.3 is 0 Å². The third-order valence-electron chi connectivity index (χ3n) is 3.61. The highest BCUT2D eigenvalue weighted by Gasteiger charge is 2.31. The van der Waals surface area contributed by atoms with Crippen molar-refractivity contribution in [2.24, 2.45) is 5.92 Å². The van der Waals surface area contributed by atoms with E-state index in [0.29, 0.717) is 18.9 Å². The van der Waals surface area contributed by atoms with Crippen molar-refractivity contribution in [1.29, 1.82) is 0 Å². The molecule has 2 N–H and O–H groups in total. The van der Waals surface area contributed by atoms with Crippen molar-refractivity contribution in [2.75, 3.05) is 13.1 Å². The minimum Gasteiger partial charge on any atom is -0.356 e. The Morgan fingerprint density at radius 1 is 1.30 bits per heavy atom. The minimum atomic E-state index is -0.206. The minimum absolute atomic E-state index is 0.0907. The van der Waals surface area contributed by atoms with Gasteiger partial charge in [-0.2, -0.15) is 0 Å². The Balaban J connectivity index is 1.81. The molecule has 0 aliphatic heterocycles. The second-order valence-corrected chi connectivity index (χ2v) is 5.42. The number of benzene rings is 1. The highest BCUT2D eigenvalue weighted by molar-refractivity contribution is 5.75.